The Bertz CT molecular complexity index is 500. The zero-order valence-electron chi connectivity index (χ0n) is 16.3. The largest absolute Gasteiger partial charge is 0.294 e. The van der Waals surface area contributed by atoms with Gasteiger partial charge in [0.25, 0.3) is 0 Å². The SMILES string of the molecule is CC(C)[C@H]1CC[C@@H](C)/C(=C\C=C2\C(=O)[C@@H](C(C)C)CC[C@H]2C)C1=O. The van der Waals surface area contributed by atoms with Crippen LogP contribution in [-0.2, 0) is 9.59 Å². The number of rotatable bonds is 3. The number of Topliss-reactive ketones (excluding diaryl/α,β-unsaturated/α-hetero) is 2. The van der Waals surface area contributed by atoms with E-state index < -0.39 is 0 Å². The van der Waals surface area contributed by atoms with Crippen LogP contribution in [0, 0.1) is 35.5 Å². The minimum absolute atomic E-state index is 0.147. The summed E-state index contributed by atoms with van der Waals surface area (Å²) in [7, 11) is 0. The normalized spacial score (nSPS) is 35.5. The number of carbonyl (C=O) groups excluding carboxylic acids is 2. The van der Waals surface area contributed by atoms with Gasteiger partial charge in [0.2, 0.25) is 0 Å². The van der Waals surface area contributed by atoms with Crippen molar-refractivity contribution in [1.29, 1.82) is 0 Å². The van der Waals surface area contributed by atoms with Gasteiger partial charge < -0.3 is 0 Å². The summed E-state index contributed by atoms with van der Waals surface area (Å²) in [4.78, 5) is 25.6. The number of carbonyl (C=O) groups is 2. The van der Waals surface area contributed by atoms with E-state index in [2.05, 4.69) is 41.5 Å². The molecule has 0 aliphatic heterocycles. The van der Waals surface area contributed by atoms with Crippen molar-refractivity contribution >= 4 is 11.6 Å². The zero-order valence-corrected chi connectivity index (χ0v) is 16.3. The Kier molecular flexibility index (Phi) is 6.22. The molecule has 2 heteroatoms. The maximum atomic E-state index is 12.8. The van der Waals surface area contributed by atoms with Gasteiger partial charge in [-0.05, 0) is 60.5 Å². The second-order valence-electron chi connectivity index (χ2n) is 8.63. The summed E-state index contributed by atoms with van der Waals surface area (Å²) in [5.41, 5.74) is 1.86. The molecule has 0 aromatic carbocycles. The van der Waals surface area contributed by atoms with Gasteiger partial charge in [-0.25, -0.2) is 0 Å². The van der Waals surface area contributed by atoms with Gasteiger partial charge in [-0.15, -0.1) is 0 Å². The van der Waals surface area contributed by atoms with Crippen LogP contribution < -0.4 is 0 Å². The van der Waals surface area contributed by atoms with E-state index in [1.807, 2.05) is 12.2 Å². The zero-order chi connectivity index (χ0) is 18.0. The van der Waals surface area contributed by atoms with Crippen molar-refractivity contribution in [2.24, 2.45) is 35.5 Å². The summed E-state index contributed by atoms with van der Waals surface area (Å²) in [5, 5.41) is 0. The Morgan fingerprint density at radius 2 is 1.04 bits per heavy atom. The van der Waals surface area contributed by atoms with Crippen molar-refractivity contribution < 1.29 is 9.59 Å². The third-order valence-electron chi connectivity index (χ3n) is 6.18. The standard InChI is InChI=1S/C22H34O2/c1-13(2)17-9-7-15(5)19(21(17)23)11-12-20-16(6)8-10-18(14(3)4)22(20)24/h11-18H,7-10H2,1-6H3/b19-11+,20-12+/t15-,16-,17-,18-/m1/s1. The molecule has 0 radical (unpaired) electrons. The third kappa shape index (κ3) is 3.90. The quantitative estimate of drug-likeness (QED) is 0.651. The van der Waals surface area contributed by atoms with E-state index in [-0.39, 0.29) is 11.8 Å². The average Bonchev–Trinajstić information content (AvgIpc) is 2.48. The van der Waals surface area contributed by atoms with E-state index in [1.54, 1.807) is 0 Å². The second-order valence-corrected chi connectivity index (χ2v) is 8.63. The molecule has 2 fully saturated rings. The molecule has 0 aromatic heterocycles. The first kappa shape index (κ1) is 19.1. The van der Waals surface area contributed by atoms with Crippen molar-refractivity contribution in [1.82, 2.24) is 0 Å². The molecule has 2 saturated carbocycles. The highest BCUT2D eigenvalue weighted by atomic mass is 16.1. The molecule has 2 aliphatic carbocycles. The molecule has 4 atom stereocenters. The van der Waals surface area contributed by atoms with Gasteiger partial charge >= 0.3 is 0 Å². The van der Waals surface area contributed by atoms with Crippen LogP contribution in [0.4, 0.5) is 0 Å². The minimum Gasteiger partial charge on any atom is -0.294 e. The van der Waals surface area contributed by atoms with Crippen LogP contribution in [0.3, 0.4) is 0 Å². The van der Waals surface area contributed by atoms with Gasteiger partial charge in [0.05, 0.1) is 0 Å². The summed E-state index contributed by atoms with van der Waals surface area (Å²) in [6, 6.07) is 0. The first-order valence-corrected chi connectivity index (χ1v) is 9.74. The molecule has 0 saturated heterocycles. The lowest BCUT2D eigenvalue weighted by atomic mass is 9.72. The van der Waals surface area contributed by atoms with E-state index in [9.17, 15) is 9.59 Å². The maximum Gasteiger partial charge on any atom is 0.162 e. The Morgan fingerprint density at radius 3 is 1.33 bits per heavy atom. The Labute approximate surface area is 147 Å². The van der Waals surface area contributed by atoms with Crippen molar-refractivity contribution in [2.45, 2.75) is 67.2 Å². The third-order valence-corrected chi connectivity index (χ3v) is 6.18. The molecule has 0 unspecified atom stereocenters. The number of hydrogen-bond donors (Lipinski definition) is 0. The molecule has 134 valence electrons. The van der Waals surface area contributed by atoms with Gasteiger partial charge in [-0.1, -0.05) is 53.7 Å². The van der Waals surface area contributed by atoms with Crippen LogP contribution in [0.2, 0.25) is 0 Å². The van der Waals surface area contributed by atoms with Crippen LogP contribution in [0.5, 0.6) is 0 Å². The second kappa shape index (κ2) is 7.80. The Hall–Kier alpha value is -1.18. The summed E-state index contributed by atoms with van der Waals surface area (Å²) < 4.78 is 0. The highest BCUT2D eigenvalue weighted by Crippen LogP contribution is 2.36. The van der Waals surface area contributed by atoms with E-state index in [1.165, 1.54) is 0 Å². The predicted octanol–water partition coefficient (Wildman–Crippen LogP) is 5.38. The van der Waals surface area contributed by atoms with Gasteiger partial charge in [0.1, 0.15) is 0 Å². The number of ketones is 2. The van der Waals surface area contributed by atoms with Gasteiger partial charge in [-0.2, -0.15) is 0 Å². The molecule has 0 bridgehead atoms. The van der Waals surface area contributed by atoms with E-state index in [0.717, 1.165) is 36.8 Å². The van der Waals surface area contributed by atoms with Crippen LogP contribution in [0.25, 0.3) is 0 Å². The van der Waals surface area contributed by atoms with Crippen molar-refractivity contribution in [3.05, 3.63) is 23.3 Å². The summed E-state index contributed by atoms with van der Waals surface area (Å²) in [5.74, 6) is 2.29. The van der Waals surface area contributed by atoms with E-state index in [0.29, 0.717) is 35.2 Å². The summed E-state index contributed by atoms with van der Waals surface area (Å²) in [6.07, 6.45) is 8.10. The molecule has 0 amide bonds. The van der Waals surface area contributed by atoms with Crippen LogP contribution in [-0.4, -0.2) is 11.6 Å². The Morgan fingerprint density at radius 1 is 0.708 bits per heavy atom. The maximum absolute atomic E-state index is 12.8. The van der Waals surface area contributed by atoms with E-state index >= 15 is 0 Å². The highest BCUT2D eigenvalue weighted by Gasteiger charge is 2.34. The first-order valence-electron chi connectivity index (χ1n) is 9.74. The summed E-state index contributed by atoms with van der Waals surface area (Å²) in [6.45, 7) is 12.8. The molecule has 0 spiro atoms. The summed E-state index contributed by atoms with van der Waals surface area (Å²) >= 11 is 0. The Balaban J connectivity index is 2.29. The van der Waals surface area contributed by atoms with Crippen LogP contribution in [0.15, 0.2) is 23.3 Å². The van der Waals surface area contributed by atoms with Crippen LogP contribution in [0.1, 0.15) is 67.2 Å². The highest BCUT2D eigenvalue weighted by molar-refractivity contribution is 6.01. The fourth-order valence-corrected chi connectivity index (χ4v) is 4.29. The molecule has 0 N–H and O–H groups in total. The molecule has 2 rings (SSSR count). The lowest BCUT2D eigenvalue weighted by Crippen LogP contribution is -2.31. The molecular weight excluding hydrogens is 296 g/mol. The molecule has 0 aromatic rings. The fraction of sp³-hybridized carbons (Fsp3) is 0.727. The van der Waals surface area contributed by atoms with Crippen molar-refractivity contribution in [3.63, 3.8) is 0 Å². The van der Waals surface area contributed by atoms with Gasteiger partial charge in [0, 0.05) is 11.8 Å². The topological polar surface area (TPSA) is 34.1 Å². The van der Waals surface area contributed by atoms with Gasteiger partial charge in [0.15, 0.2) is 11.6 Å². The monoisotopic (exact) mass is 330 g/mol. The lowest BCUT2D eigenvalue weighted by molar-refractivity contribution is -0.123. The van der Waals surface area contributed by atoms with E-state index in [4.69, 9.17) is 0 Å². The predicted molar refractivity (Wildman–Crippen MR) is 99.6 cm³/mol. The molecule has 24 heavy (non-hydrogen) atoms. The lowest BCUT2D eigenvalue weighted by Gasteiger charge is -2.31. The van der Waals surface area contributed by atoms with Crippen LogP contribution >= 0.6 is 0 Å². The first-order chi connectivity index (χ1) is 11.2. The van der Waals surface area contributed by atoms with Gasteiger partial charge in [-0.3, -0.25) is 9.59 Å². The minimum atomic E-state index is 0.147. The molecular formula is C22H34O2. The average molecular weight is 331 g/mol. The molecule has 0 heterocycles. The smallest absolute Gasteiger partial charge is 0.162 e. The molecule has 2 nitrogen and oxygen atoms in total. The molecule has 2 aliphatic rings. The number of hydrogen-bond acceptors (Lipinski definition) is 2. The number of allylic oxidation sites excluding steroid dienone is 4. The fourth-order valence-electron chi connectivity index (χ4n) is 4.29. The van der Waals surface area contributed by atoms with Crippen molar-refractivity contribution in [3.8, 4) is 0 Å². The van der Waals surface area contributed by atoms with Crippen molar-refractivity contribution in [2.75, 3.05) is 0 Å².